The molecule has 21 heavy (non-hydrogen) atoms. The molecule has 0 aliphatic heterocycles. The van der Waals surface area contributed by atoms with Gasteiger partial charge in [0.05, 0.1) is 13.1 Å². The summed E-state index contributed by atoms with van der Waals surface area (Å²) < 4.78 is 6.04. The Balaban J connectivity index is 1.73. The standard InChI is InChI=1S/C18H29IOSi/c1-2-4-15-5-7-16(8-6-15)17-9-11-18(12-10-17)20-13-3-14-21-19/h5-8,17-18H,2-4,9-14,21H2,1H3. The molecule has 1 saturated carbocycles. The molecule has 1 nitrogen and oxygen atoms in total. The maximum atomic E-state index is 6.04. The van der Waals surface area contributed by atoms with Crippen molar-refractivity contribution >= 4 is 28.8 Å². The van der Waals surface area contributed by atoms with Crippen LogP contribution in [0.2, 0.25) is 6.04 Å². The first-order valence-corrected chi connectivity index (χ1v) is 14.7. The van der Waals surface area contributed by atoms with Crippen molar-refractivity contribution in [2.45, 2.75) is 69.9 Å². The van der Waals surface area contributed by atoms with Crippen LogP contribution in [0, 0.1) is 0 Å². The van der Waals surface area contributed by atoms with Crippen LogP contribution in [0.25, 0.3) is 0 Å². The highest BCUT2D eigenvalue weighted by Crippen LogP contribution is 2.34. The van der Waals surface area contributed by atoms with E-state index in [4.69, 9.17) is 4.74 Å². The number of ether oxygens (including phenoxy) is 1. The lowest BCUT2D eigenvalue weighted by molar-refractivity contribution is 0.0252. The monoisotopic (exact) mass is 416 g/mol. The summed E-state index contributed by atoms with van der Waals surface area (Å²) in [6, 6.07) is 10.8. The van der Waals surface area contributed by atoms with Crippen LogP contribution in [0.5, 0.6) is 0 Å². The van der Waals surface area contributed by atoms with Crippen LogP contribution in [0.15, 0.2) is 24.3 Å². The third kappa shape index (κ3) is 6.03. The van der Waals surface area contributed by atoms with Crippen LogP contribution in [0.3, 0.4) is 0 Å². The van der Waals surface area contributed by atoms with Gasteiger partial charge in [0.15, 0.2) is 0 Å². The molecule has 0 unspecified atom stereocenters. The van der Waals surface area contributed by atoms with E-state index in [2.05, 4.69) is 53.0 Å². The van der Waals surface area contributed by atoms with Gasteiger partial charge in [0.25, 0.3) is 0 Å². The number of rotatable bonds is 8. The van der Waals surface area contributed by atoms with E-state index in [0.29, 0.717) is 6.10 Å². The molecule has 2 rings (SSSR count). The van der Waals surface area contributed by atoms with Crippen molar-refractivity contribution in [3.8, 4) is 0 Å². The minimum Gasteiger partial charge on any atom is -0.378 e. The van der Waals surface area contributed by atoms with Gasteiger partial charge in [-0.1, -0.05) is 43.7 Å². The number of hydrogen-bond donors (Lipinski definition) is 0. The third-order valence-corrected chi connectivity index (χ3v) is 7.60. The molecule has 1 aromatic carbocycles. The molecule has 1 aliphatic rings. The van der Waals surface area contributed by atoms with E-state index in [1.807, 2.05) is 0 Å². The summed E-state index contributed by atoms with van der Waals surface area (Å²) in [6.45, 7) is 3.24. The van der Waals surface area contributed by atoms with Crippen molar-refractivity contribution in [1.29, 1.82) is 0 Å². The molecule has 1 aliphatic carbocycles. The summed E-state index contributed by atoms with van der Waals surface area (Å²) in [6.07, 6.45) is 9.39. The molecule has 0 amide bonds. The van der Waals surface area contributed by atoms with Gasteiger partial charge in [-0.3, -0.25) is 0 Å². The fraction of sp³-hybridized carbons (Fsp3) is 0.667. The molecule has 1 aromatic rings. The second-order valence-electron chi connectivity index (χ2n) is 6.23. The minimum atomic E-state index is 0.204. The normalized spacial score (nSPS) is 23.0. The SMILES string of the molecule is CCCc1ccc(C2CCC(OCCC[SiH2]I)CC2)cc1. The van der Waals surface area contributed by atoms with Crippen LogP contribution < -0.4 is 0 Å². The van der Waals surface area contributed by atoms with Crippen molar-refractivity contribution in [3.63, 3.8) is 0 Å². The van der Waals surface area contributed by atoms with Crippen LogP contribution in [-0.4, -0.2) is 19.7 Å². The van der Waals surface area contributed by atoms with E-state index in [1.165, 1.54) is 56.6 Å². The van der Waals surface area contributed by atoms with Gasteiger partial charge in [-0.05, 0) is 55.6 Å². The van der Waals surface area contributed by atoms with E-state index >= 15 is 0 Å². The molecule has 118 valence electrons. The average molecular weight is 416 g/mol. The lowest BCUT2D eigenvalue weighted by Crippen LogP contribution is -2.21. The van der Waals surface area contributed by atoms with Crippen LogP contribution in [0.1, 0.15) is 62.5 Å². The first-order chi connectivity index (χ1) is 10.3. The molecule has 0 heterocycles. The fourth-order valence-electron chi connectivity index (χ4n) is 3.25. The number of aryl methyl sites for hydroxylation is 1. The first-order valence-electron chi connectivity index (χ1n) is 8.60. The largest absolute Gasteiger partial charge is 0.378 e. The van der Waals surface area contributed by atoms with E-state index in [9.17, 15) is 0 Å². The summed E-state index contributed by atoms with van der Waals surface area (Å²) >= 11 is 2.58. The van der Waals surface area contributed by atoms with Crippen LogP contribution >= 0.6 is 21.8 Å². The minimum absolute atomic E-state index is 0.204. The van der Waals surface area contributed by atoms with E-state index in [1.54, 1.807) is 5.56 Å². The molecule has 0 radical (unpaired) electrons. The van der Waals surface area contributed by atoms with Gasteiger partial charge in [-0.25, -0.2) is 0 Å². The average Bonchev–Trinajstić information content (AvgIpc) is 2.53. The Morgan fingerprint density at radius 2 is 1.86 bits per heavy atom. The smallest absolute Gasteiger partial charge is 0.0938 e. The zero-order valence-corrected chi connectivity index (χ0v) is 16.9. The Kier molecular flexibility index (Phi) is 8.33. The van der Waals surface area contributed by atoms with Gasteiger partial charge in [-0.15, -0.1) is 21.8 Å². The summed E-state index contributed by atoms with van der Waals surface area (Å²) in [5, 5.41) is 0. The fourth-order valence-corrected chi connectivity index (χ4v) is 5.27. The molecule has 0 aromatic heterocycles. The lowest BCUT2D eigenvalue weighted by atomic mass is 9.82. The predicted molar refractivity (Wildman–Crippen MR) is 103 cm³/mol. The molecular weight excluding hydrogens is 387 g/mol. The van der Waals surface area contributed by atoms with Gasteiger partial charge in [0.1, 0.15) is 0 Å². The summed E-state index contributed by atoms with van der Waals surface area (Å²) in [4.78, 5) is 0. The van der Waals surface area contributed by atoms with Crippen molar-refractivity contribution in [2.75, 3.05) is 6.61 Å². The second kappa shape index (κ2) is 10.0. The molecule has 0 saturated heterocycles. The second-order valence-corrected chi connectivity index (χ2v) is 10.6. The van der Waals surface area contributed by atoms with Gasteiger partial charge < -0.3 is 4.74 Å². The maximum absolute atomic E-state index is 6.04. The highest BCUT2D eigenvalue weighted by molar-refractivity contribution is 14.1. The van der Waals surface area contributed by atoms with Crippen LogP contribution in [-0.2, 0) is 11.2 Å². The first kappa shape index (κ1) is 17.5. The highest BCUT2D eigenvalue weighted by Gasteiger charge is 2.22. The van der Waals surface area contributed by atoms with Gasteiger partial charge in [0.2, 0.25) is 0 Å². The molecule has 0 atom stereocenters. The number of hydrogen-bond acceptors (Lipinski definition) is 1. The molecular formula is C18H29IOSi. The van der Waals surface area contributed by atoms with Crippen molar-refractivity contribution in [3.05, 3.63) is 35.4 Å². The van der Waals surface area contributed by atoms with E-state index in [-0.39, 0.29) is 7.02 Å². The Bertz CT molecular complexity index is 385. The van der Waals surface area contributed by atoms with Gasteiger partial charge in [-0.2, -0.15) is 0 Å². The molecule has 3 heteroatoms. The van der Waals surface area contributed by atoms with Gasteiger partial charge >= 0.3 is 0 Å². The Morgan fingerprint density at radius 3 is 2.48 bits per heavy atom. The zero-order valence-electron chi connectivity index (χ0n) is 13.3. The van der Waals surface area contributed by atoms with Crippen molar-refractivity contribution < 1.29 is 4.74 Å². The van der Waals surface area contributed by atoms with Crippen molar-refractivity contribution in [2.24, 2.45) is 0 Å². The molecule has 0 spiro atoms. The number of benzene rings is 1. The third-order valence-electron chi connectivity index (χ3n) is 4.55. The van der Waals surface area contributed by atoms with Crippen LogP contribution in [0.4, 0.5) is 0 Å². The van der Waals surface area contributed by atoms with Gasteiger partial charge in [0, 0.05) is 6.61 Å². The summed E-state index contributed by atoms with van der Waals surface area (Å²) in [5.41, 5.74) is 3.03. The zero-order chi connectivity index (χ0) is 14.9. The summed E-state index contributed by atoms with van der Waals surface area (Å²) in [5.74, 6) is 0.766. The molecule has 0 bridgehead atoms. The van der Waals surface area contributed by atoms with Crippen molar-refractivity contribution in [1.82, 2.24) is 0 Å². The Labute approximate surface area is 145 Å². The quantitative estimate of drug-likeness (QED) is 0.251. The Morgan fingerprint density at radius 1 is 1.14 bits per heavy atom. The maximum Gasteiger partial charge on any atom is 0.0938 e. The van der Waals surface area contributed by atoms with E-state index in [0.717, 1.165) is 12.5 Å². The molecule has 0 N–H and O–H groups in total. The number of halogens is 1. The Hall–Kier alpha value is 0.127. The highest BCUT2D eigenvalue weighted by atomic mass is 127. The topological polar surface area (TPSA) is 9.23 Å². The predicted octanol–water partition coefficient (Wildman–Crippen LogP) is 5.01. The summed E-state index contributed by atoms with van der Waals surface area (Å²) in [7, 11) is 0.204. The molecule has 1 fully saturated rings. The van der Waals surface area contributed by atoms with E-state index < -0.39 is 0 Å². The lowest BCUT2D eigenvalue weighted by Gasteiger charge is -2.29.